The number of methoxy groups -OCH3 is 1. The molecule has 0 amide bonds. The van der Waals surface area contributed by atoms with E-state index in [1.54, 1.807) is 13.2 Å². The van der Waals surface area contributed by atoms with Crippen LogP contribution >= 0.6 is 0 Å². The van der Waals surface area contributed by atoms with E-state index in [1.807, 2.05) is 69.3 Å². The largest absolute Gasteiger partial charge is 0.483 e. The molecule has 8 rings (SSSR count). The van der Waals surface area contributed by atoms with Gasteiger partial charge in [-0.25, -0.2) is 9.59 Å². The second-order valence-corrected chi connectivity index (χ2v) is 17.1. The molecule has 1 N–H and O–H groups in total. The van der Waals surface area contributed by atoms with E-state index in [9.17, 15) is 19.5 Å². The van der Waals surface area contributed by atoms with Crippen LogP contribution in [0.3, 0.4) is 0 Å². The monoisotopic (exact) mass is 826 g/mol. The molecule has 9 nitrogen and oxygen atoms in total. The van der Waals surface area contributed by atoms with Crippen molar-refractivity contribution >= 4 is 22.9 Å². The van der Waals surface area contributed by atoms with Crippen LogP contribution in [0.5, 0.6) is 5.75 Å². The summed E-state index contributed by atoms with van der Waals surface area (Å²) in [5, 5.41) is 10.4. The number of carbonyl (C=O) groups excluding carboxylic acids is 2. The van der Waals surface area contributed by atoms with E-state index >= 15 is 0 Å². The molecule has 4 heterocycles. The number of allylic oxidation sites excluding steroid dienone is 1. The molecule has 9 heteroatoms. The molecule has 1 aromatic heterocycles. The SMILES string of the molecule is COC[C@@H](CCO)c1cc2ccc3c(c2oc1=O)[C@H]1OC(=O)C[C@@H](CCc2ccccc2)Cc2ccc(cc2)CCC(=C(C)C)C(=O)O[C@@H]1[C@](C)(CCCc1ccccc1)O3. The van der Waals surface area contributed by atoms with Crippen LogP contribution in [-0.2, 0) is 49.5 Å². The first kappa shape index (κ1) is 43.6. The summed E-state index contributed by atoms with van der Waals surface area (Å²) >= 11 is 0. The van der Waals surface area contributed by atoms with Crippen molar-refractivity contribution in [2.45, 2.75) is 109 Å². The number of carbonyl (C=O) groups is 2. The van der Waals surface area contributed by atoms with Crippen LogP contribution in [0, 0.1) is 5.92 Å². The van der Waals surface area contributed by atoms with Gasteiger partial charge >= 0.3 is 17.6 Å². The van der Waals surface area contributed by atoms with Gasteiger partial charge in [0.2, 0.25) is 0 Å². The van der Waals surface area contributed by atoms with Crippen molar-refractivity contribution in [3.05, 3.63) is 158 Å². The number of benzene rings is 4. The van der Waals surface area contributed by atoms with Gasteiger partial charge in [0.05, 0.1) is 12.2 Å². The lowest BCUT2D eigenvalue weighted by molar-refractivity contribution is -0.192. The fourth-order valence-corrected chi connectivity index (χ4v) is 9.01. The van der Waals surface area contributed by atoms with Crippen molar-refractivity contribution in [1.82, 2.24) is 0 Å². The number of aryl methyl sites for hydroxylation is 3. The molecular formula is C52H58O9. The van der Waals surface area contributed by atoms with Gasteiger partial charge in [-0.2, -0.15) is 0 Å². The van der Waals surface area contributed by atoms with Gasteiger partial charge in [0, 0.05) is 42.6 Å². The zero-order valence-corrected chi connectivity index (χ0v) is 35.8. The predicted molar refractivity (Wildman–Crippen MR) is 236 cm³/mol. The maximum absolute atomic E-state index is 14.6. The van der Waals surface area contributed by atoms with Crippen LogP contribution < -0.4 is 10.4 Å². The second kappa shape index (κ2) is 19.9. The molecule has 5 aromatic rings. The van der Waals surface area contributed by atoms with Gasteiger partial charge < -0.3 is 28.5 Å². The van der Waals surface area contributed by atoms with Gasteiger partial charge in [0.1, 0.15) is 16.9 Å². The maximum atomic E-state index is 14.6. The van der Waals surface area contributed by atoms with Crippen LogP contribution in [-0.4, -0.2) is 49.1 Å². The Balaban J connectivity index is 1.35. The van der Waals surface area contributed by atoms with E-state index in [0.29, 0.717) is 66.4 Å². The van der Waals surface area contributed by atoms with Crippen molar-refractivity contribution in [1.29, 1.82) is 0 Å². The van der Waals surface area contributed by atoms with Gasteiger partial charge in [-0.3, -0.25) is 4.79 Å². The third kappa shape index (κ3) is 10.5. The molecule has 0 spiro atoms. The Morgan fingerprint density at radius 3 is 2.20 bits per heavy atom. The fourth-order valence-electron chi connectivity index (χ4n) is 9.01. The van der Waals surface area contributed by atoms with Crippen LogP contribution in [0.4, 0.5) is 0 Å². The quantitative estimate of drug-likeness (QED) is 0.0745. The first-order valence-corrected chi connectivity index (χ1v) is 21.7. The molecule has 0 fully saturated rings. The molecule has 4 aromatic carbocycles. The van der Waals surface area contributed by atoms with E-state index in [-0.39, 0.29) is 31.1 Å². The normalized spacial score (nSPS) is 21.2. The van der Waals surface area contributed by atoms with Gasteiger partial charge in [-0.05, 0) is 125 Å². The summed E-state index contributed by atoms with van der Waals surface area (Å²) in [6, 6.07) is 34.3. The third-order valence-electron chi connectivity index (χ3n) is 12.4. The summed E-state index contributed by atoms with van der Waals surface area (Å²) in [6.45, 7) is 5.81. The summed E-state index contributed by atoms with van der Waals surface area (Å²) in [7, 11) is 1.55. The summed E-state index contributed by atoms with van der Waals surface area (Å²) in [5.41, 5.74) is 5.11. The van der Waals surface area contributed by atoms with Crippen molar-refractivity contribution in [3.8, 4) is 5.75 Å². The van der Waals surface area contributed by atoms with E-state index in [2.05, 4.69) is 48.5 Å². The van der Waals surface area contributed by atoms with Gasteiger partial charge in [0.15, 0.2) is 12.2 Å². The number of ether oxygens (including phenoxy) is 4. The lowest BCUT2D eigenvalue weighted by Crippen LogP contribution is -2.54. The van der Waals surface area contributed by atoms with E-state index in [1.165, 1.54) is 5.56 Å². The Bertz CT molecular complexity index is 2360. The lowest BCUT2D eigenvalue weighted by atomic mass is 9.82. The topological polar surface area (TPSA) is 122 Å². The van der Waals surface area contributed by atoms with Crippen LogP contribution in [0.25, 0.3) is 11.0 Å². The maximum Gasteiger partial charge on any atom is 0.339 e. The number of esters is 2. The standard InChI is InChI=1S/C52H58O9/c1-34(2)42-25-23-37-17-20-38(21-18-37)30-39(22-19-36-14-9-6-10-15-36)31-45(54)58-48-46-44(26-24-40-32-43(51(56)59-47(40)46)41(27-29-53)33-57-4)61-52(3,49(48)60-50(42)55)28-11-16-35-12-7-5-8-13-35/h5-10,12-15,17-18,20-21,24,26,32,39,41,48-49,53H,11,16,19,22-23,25,27-31,33H2,1-4H3/t39-,41+,48+,49-,52-/m0/s1. The molecule has 0 saturated heterocycles. The van der Waals surface area contributed by atoms with E-state index in [0.717, 1.165) is 41.5 Å². The molecule has 0 aliphatic carbocycles. The fraction of sp³-hybridized carbons (Fsp3) is 0.404. The molecule has 0 saturated carbocycles. The average Bonchev–Trinajstić information content (AvgIpc) is 3.24. The van der Waals surface area contributed by atoms with E-state index < -0.39 is 41.3 Å². The number of rotatable bonds is 12. The van der Waals surface area contributed by atoms with Gasteiger partial charge in [0.25, 0.3) is 0 Å². The third-order valence-corrected chi connectivity index (χ3v) is 12.4. The van der Waals surface area contributed by atoms with Crippen molar-refractivity contribution in [2.75, 3.05) is 20.3 Å². The molecule has 3 aliphatic heterocycles. The Hall–Kier alpha value is -5.51. The van der Waals surface area contributed by atoms with Crippen LogP contribution in [0.2, 0.25) is 0 Å². The average molecular weight is 827 g/mol. The highest BCUT2D eigenvalue weighted by Crippen LogP contribution is 2.49. The molecule has 2 bridgehead atoms. The summed E-state index contributed by atoms with van der Waals surface area (Å²) in [6.07, 6.45) is 3.36. The molecular weight excluding hydrogens is 769 g/mol. The Kier molecular flexibility index (Phi) is 14.2. The summed E-state index contributed by atoms with van der Waals surface area (Å²) < 4.78 is 31.9. The Morgan fingerprint density at radius 1 is 0.836 bits per heavy atom. The Morgan fingerprint density at radius 2 is 1.52 bits per heavy atom. The number of aliphatic hydroxyl groups excluding tert-OH is 1. The number of aliphatic hydroxyl groups is 1. The highest BCUT2D eigenvalue weighted by atomic mass is 16.6. The van der Waals surface area contributed by atoms with Crippen LogP contribution in [0.1, 0.15) is 105 Å². The van der Waals surface area contributed by atoms with Gasteiger partial charge in [-0.1, -0.05) is 90.5 Å². The summed E-state index contributed by atoms with van der Waals surface area (Å²) in [5.74, 6) is -1.03. The Labute approximate surface area is 358 Å². The van der Waals surface area contributed by atoms with Crippen molar-refractivity contribution < 1.29 is 38.1 Å². The smallest absolute Gasteiger partial charge is 0.339 e. The predicted octanol–water partition coefficient (Wildman–Crippen LogP) is 9.74. The molecule has 320 valence electrons. The molecule has 0 radical (unpaired) electrons. The zero-order chi connectivity index (χ0) is 42.9. The first-order chi connectivity index (χ1) is 29.5. The molecule has 0 unspecified atom stereocenters. The highest BCUT2D eigenvalue weighted by Gasteiger charge is 2.52. The first-order valence-electron chi connectivity index (χ1n) is 21.7. The second-order valence-electron chi connectivity index (χ2n) is 17.1. The minimum atomic E-state index is -1.17. The number of hydrogen-bond acceptors (Lipinski definition) is 9. The van der Waals surface area contributed by atoms with Gasteiger partial charge in [-0.15, -0.1) is 0 Å². The summed E-state index contributed by atoms with van der Waals surface area (Å²) in [4.78, 5) is 43.1. The lowest BCUT2D eigenvalue weighted by Gasteiger charge is -2.45. The number of fused-ring (bicyclic) bond motifs is 13. The molecule has 5 atom stereocenters. The van der Waals surface area contributed by atoms with Crippen LogP contribution in [0.15, 0.2) is 123 Å². The molecule has 3 aliphatic rings. The molecule has 61 heavy (non-hydrogen) atoms. The zero-order valence-electron chi connectivity index (χ0n) is 35.8. The van der Waals surface area contributed by atoms with Crippen molar-refractivity contribution in [3.63, 3.8) is 0 Å². The highest BCUT2D eigenvalue weighted by molar-refractivity contribution is 5.90. The number of hydrogen-bond donors (Lipinski definition) is 1. The van der Waals surface area contributed by atoms with Crippen molar-refractivity contribution in [2.24, 2.45) is 5.92 Å². The minimum Gasteiger partial charge on any atom is -0.483 e. The van der Waals surface area contributed by atoms with E-state index in [4.69, 9.17) is 23.4 Å². The minimum absolute atomic E-state index is 0.0569.